The minimum absolute atomic E-state index is 0.00440. The number of carbonyl (C=O) groups excluding carboxylic acids is 1. The quantitative estimate of drug-likeness (QED) is 0.581. The third-order valence-corrected chi connectivity index (χ3v) is 5.98. The molecule has 0 spiro atoms. The second-order valence-corrected chi connectivity index (χ2v) is 8.31. The number of hydrogen-bond donors (Lipinski definition) is 3. The van der Waals surface area contributed by atoms with E-state index in [2.05, 4.69) is 30.4 Å². The van der Waals surface area contributed by atoms with E-state index in [-0.39, 0.29) is 5.91 Å². The van der Waals surface area contributed by atoms with Gasteiger partial charge in [-0.15, -0.1) is 0 Å². The van der Waals surface area contributed by atoms with Crippen LogP contribution in [-0.2, 0) is 11.3 Å². The molecule has 1 aliphatic carbocycles. The molecular formula is C21H32N4O2+2. The van der Waals surface area contributed by atoms with Gasteiger partial charge in [0, 0.05) is 5.56 Å². The summed E-state index contributed by atoms with van der Waals surface area (Å²) >= 11 is 0. The molecule has 6 heteroatoms. The topological polar surface area (TPSA) is 71.0 Å². The van der Waals surface area contributed by atoms with Gasteiger partial charge in [0.25, 0.3) is 5.91 Å². The Labute approximate surface area is 162 Å². The summed E-state index contributed by atoms with van der Waals surface area (Å²) in [7, 11) is 1.72. The molecule has 146 valence electrons. The number of nitrogens with one attached hydrogen (secondary N) is 3. The maximum Gasteiger partial charge on any atom is 0.276 e. The van der Waals surface area contributed by atoms with Crippen LogP contribution < -0.4 is 19.9 Å². The molecule has 27 heavy (non-hydrogen) atoms. The average Bonchev–Trinajstić information content (AvgIpc) is 3.49. The fourth-order valence-electron chi connectivity index (χ4n) is 4.07. The Morgan fingerprint density at radius 3 is 2.56 bits per heavy atom. The van der Waals surface area contributed by atoms with E-state index in [4.69, 9.17) is 4.74 Å². The van der Waals surface area contributed by atoms with Crippen molar-refractivity contribution in [2.45, 2.75) is 38.8 Å². The minimum atomic E-state index is -0.689. The maximum absolute atomic E-state index is 12.4. The number of rotatable bonds is 7. The lowest BCUT2D eigenvalue weighted by atomic mass is 9.98. The van der Waals surface area contributed by atoms with Gasteiger partial charge in [-0.05, 0) is 44.7 Å². The van der Waals surface area contributed by atoms with Gasteiger partial charge >= 0.3 is 0 Å². The van der Waals surface area contributed by atoms with E-state index in [0.29, 0.717) is 12.5 Å². The number of benzene rings is 1. The van der Waals surface area contributed by atoms with E-state index in [9.17, 15) is 10.1 Å². The van der Waals surface area contributed by atoms with Crippen molar-refractivity contribution in [1.82, 2.24) is 5.32 Å². The number of piperazine rings is 1. The highest BCUT2D eigenvalue weighted by Gasteiger charge is 2.43. The van der Waals surface area contributed by atoms with Crippen LogP contribution in [0.15, 0.2) is 18.2 Å². The van der Waals surface area contributed by atoms with Gasteiger partial charge in [-0.2, -0.15) is 5.26 Å². The monoisotopic (exact) mass is 372 g/mol. The van der Waals surface area contributed by atoms with Crippen LogP contribution in [0.2, 0.25) is 0 Å². The van der Waals surface area contributed by atoms with E-state index in [0.717, 1.165) is 51.3 Å². The number of nitrogens with zero attached hydrogens (tertiary/aromatic N) is 1. The molecule has 0 radical (unpaired) electrons. The molecule has 6 nitrogen and oxygen atoms in total. The summed E-state index contributed by atoms with van der Waals surface area (Å²) in [5.74, 6) is 1.29. The van der Waals surface area contributed by atoms with Crippen LogP contribution in [0.25, 0.3) is 0 Å². The lowest BCUT2D eigenvalue weighted by molar-refractivity contribution is -1.02. The zero-order chi connectivity index (χ0) is 19.4. The predicted octanol–water partition coefficient (Wildman–Crippen LogP) is -0.904. The Bertz CT molecular complexity index is 717. The summed E-state index contributed by atoms with van der Waals surface area (Å²) < 4.78 is 5.50. The lowest BCUT2D eigenvalue weighted by Gasteiger charge is -2.30. The highest BCUT2D eigenvalue weighted by molar-refractivity contribution is 5.78. The predicted molar refractivity (Wildman–Crippen MR) is 103 cm³/mol. The number of hydrogen-bond acceptors (Lipinski definition) is 3. The molecule has 1 aliphatic heterocycles. The number of amides is 1. The number of quaternary nitrogens is 2. The molecule has 2 fully saturated rings. The third kappa shape index (κ3) is 5.00. The molecule has 0 aromatic heterocycles. The summed E-state index contributed by atoms with van der Waals surface area (Å²) in [5, 5.41) is 12.4. The first kappa shape index (κ1) is 19.7. The molecule has 0 unspecified atom stereocenters. The van der Waals surface area contributed by atoms with Crippen LogP contribution in [0.4, 0.5) is 0 Å². The van der Waals surface area contributed by atoms with Crippen LogP contribution in [-0.4, -0.2) is 51.3 Å². The van der Waals surface area contributed by atoms with E-state index in [1.54, 1.807) is 7.11 Å². The molecular weight excluding hydrogens is 340 g/mol. The second kappa shape index (κ2) is 8.28. The van der Waals surface area contributed by atoms with Gasteiger partial charge in [0.1, 0.15) is 44.0 Å². The summed E-state index contributed by atoms with van der Waals surface area (Å²) in [6.45, 7) is 9.41. The van der Waals surface area contributed by atoms with Crippen molar-refractivity contribution >= 4 is 5.91 Å². The van der Waals surface area contributed by atoms with Gasteiger partial charge in [-0.3, -0.25) is 4.79 Å². The van der Waals surface area contributed by atoms with Gasteiger partial charge in [0.05, 0.1) is 13.2 Å². The zero-order valence-corrected chi connectivity index (χ0v) is 16.7. The first-order valence-corrected chi connectivity index (χ1v) is 9.96. The molecule has 1 atom stereocenters. The molecule has 1 aromatic rings. The summed E-state index contributed by atoms with van der Waals surface area (Å²) in [5.41, 5.74) is 1.82. The van der Waals surface area contributed by atoms with Crippen molar-refractivity contribution in [3.63, 3.8) is 0 Å². The molecule has 1 saturated carbocycles. The van der Waals surface area contributed by atoms with Crippen molar-refractivity contribution in [2.75, 3.05) is 39.8 Å². The number of ether oxygens (including phenoxy) is 1. The largest absolute Gasteiger partial charge is 0.496 e. The molecule has 2 aliphatic rings. The van der Waals surface area contributed by atoms with Gasteiger partial charge in [0.2, 0.25) is 0 Å². The van der Waals surface area contributed by atoms with Crippen molar-refractivity contribution in [1.29, 1.82) is 5.26 Å². The number of carbonyl (C=O) groups is 1. The van der Waals surface area contributed by atoms with Crippen molar-refractivity contribution in [3.8, 4) is 11.8 Å². The summed E-state index contributed by atoms with van der Waals surface area (Å²) in [4.78, 5) is 15.2. The summed E-state index contributed by atoms with van der Waals surface area (Å²) in [6.07, 6.45) is 2.09. The number of nitriles is 1. The Morgan fingerprint density at radius 1 is 1.30 bits per heavy atom. The Morgan fingerprint density at radius 2 is 1.96 bits per heavy atom. The van der Waals surface area contributed by atoms with Crippen molar-refractivity contribution in [3.05, 3.63) is 29.3 Å². The highest BCUT2D eigenvalue weighted by atomic mass is 16.5. The Hall–Kier alpha value is -2.10. The number of aryl methyl sites for hydroxylation is 1. The van der Waals surface area contributed by atoms with Crippen LogP contribution in [0.1, 0.15) is 30.9 Å². The lowest BCUT2D eigenvalue weighted by Crippen LogP contribution is -3.28. The first-order chi connectivity index (χ1) is 12.9. The molecule has 1 amide bonds. The van der Waals surface area contributed by atoms with E-state index in [1.807, 2.05) is 13.0 Å². The van der Waals surface area contributed by atoms with Crippen LogP contribution in [0.3, 0.4) is 0 Å². The smallest absolute Gasteiger partial charge is 0.276 e. The molecule has 1 aromatic carbocycles. The zero-order valence-electron chi connectivity index (χ0n) is 16.7. The van der Waals surface area contributed by atoms with Gasteiger partial charge in [0.15, 0.2) is 6.54 Å². The van der Waals surface area contributed by atoms with Crippen LogP contribution in [0.5, 0.6) is 5.75 Å². The second-order valence-electron chi connectivity index (χ2n) is 8.31. The standard InChI is InChI=1S/C21H30N4O2/c1-16-4-7-19(27-3)17(12-16)13-24-8-10-25(11-9-24)14-20(26)23-21(2,15-22)18-5-6-18/h4,7,12,18H,5-6,8-11,13-14H2,1-3H3,(H,23,26)/p+2/t21-/m0/s1. The van der Waals surface area contributed by atoms with Crippen LogP contribution in [0, 0.1) is 24.2 Å². The number of methoxy groups -OCH3 is 1. The minimum Gasteiger partial charge on any atom is -0.496 e. The summed E-state index contributed by atoms with van der Waals surface area (Å²) in [6, 6.07) is 8.63. The highest BCUT2D eigenvalue weighted by Crippen LogP contribution is 2.39. The van der Waals surface area contributed by atoms with E-state index in [1.165, 1.54) is 20.9 Å². The maximum atomic E-state index is 12.4. The van der Waals surface area contributed by atoms with Gasteiger partial charge in [-0.1, -0.05) is 11.6 Å². The Kier molecular flexibility index (Phi) is 6.03. The van der Waals surface area contributed by atoms with Crippen LogP contribution >= 0.6 is 0 Å². The van der Waals surface area contributed by atoms with E-state index >= 15 is 0 Å². The molecule has 0 bridgehead atoms. The molecule has 3 N–H and O–H groups in total. The fourth-order valence-corrected chi connectivity index (χ4v) is 4.07. The van der Waals surface area contributed by atoms with Gasteiger partial charge in [-0.25, -0.2) is 0 Å². The Balaban J connectivity index is 1.47. The third-order valence-electron chi connectivity index (χ3n) is 5.98. The van der Waals surface area contributed by atoms with E-state index < -0.39 is 5.54 Å². The SMILES string of the molecule is COc1ccc(C)cc1C[NH+]1CC[NH+](CC(=O)N[C@@](C)(C#N)C2CC2)CC1. The average molecular weight is 373 g/mol. The van der Waals surface area contributed by atoms with Gasteiger partial charge < -0.3 is 19.9 Å². The normalized spacial score (nSPS) is 24.5. The molecule has 1 saturated heterocycles. The molecule has 1 heterocycles. The fraction of sp³-hybridized carbons (Fsp3) is 0.619. The first-order valence-electron chi connectivity index (χ1n) is 9.96. The van der Waals surface area contributed by atoms with Crippen molar-refractivity contribution in [2.24, 2.45) is 5.92 Å². The molecule has 3 rings (SSSR count). The van der Waals surface area contributed by atoms with Crippen molar-refractivity contribution < 1.29 is 19.3 Å².